The Hall–Kier alpha value is -1.45. The van der Waals surface area contributed by atoms with Crippen molar-refractivity contribution >= 4 is 5.97 Å². The molecule has 0 aliphatic carbocycles. The van der Waals surface area contributed by atoms with Crippen LogP contribution in [-0.4, -0.2) is 23.0 Å². The largest absolute Gasteiger partial charge is 0.469 e. The first-order valence-corrected chi connectivity index (χ1v) is 5.91. The van der Waals surface area contributed by atoms with Gasteiger partial charge in [0.25, 0.3) is 0 Å². The molecule has 0 fully saturated rings. The van der Waals surface area contributed by atoms with Gasteiger partial charge in [0.05, 0.1) is 13.5 Å². The molecule has 0 saturated heterocycles. The van der Waals surface area contributed by atoms with Gasteiger partial charge in [0, 0.05) is 17.8 Å². The second kappa shape index (κ2) is 6.33. The van der Waals surface area contributed by atoms with E-state index in [1.165, 1.54) is 7.11 Å². The van der Waals surface area contributed by atoms with Crippen LogP contribution < -0.4 is 0 Å². The number of methoxy groups -OCH3 is 1. The molecule has 0 aliphatic rings. The Balaban J connectivity index is 2.71. The summed E-state index contributed by atoms with van der Waals surface area (Å²) in [7, 11) is 1.39. The first kappa shape index (κ1) is 13.6. The van der Waals surface area contributed by atoms with Crippen LogP contribution >= 0.6 is 0 Å². The molecule has 0 N–H and O–H groups in total. The second-order valence-electron chi connectivity index (χ2n) is 4.59. The van der Waals surface area contributed by atoms with Gasteiger partial charge < -0.3 is 4.74 Å². The number of nitrogens with zero attached hydrogens (tertiary/aromatic N) is 2. The van der Waals surface area contributed by atoms with Crippen LogP contribution in [-0.2, 0) is 22.4 Å². The summed E-state index contributed by atoms with van der Waals surface area (Å²) in [5, 5.41) is 0. The standard InChI is InChI=1S/C13H20N2O2/c1-9(2)7-11-8-10(3)14-12(15-11)5-6-13(16)17-4/h8-9H,5-7H2,1-4H3. The van der Waals surface area contributed by atoms with Crippen LogP contribution in [0.25, 0.3) is 0 Å². The fourth-order valence-corrected chi connectivity index (χ4v) is 1.65. The Morgan fingerprint density at radius 2 is 2.12 bits per heavy atom. The van der Waals surface area contributed by atoms with E-state index in [1.54, 1.807) is 0 Å². The molecule has 0 radical (unpaired) electrons. The number of aromatic nitrogens is 2. The second-order valence-corrected chi connectivity index (χ2v) is 4.59. The number of aryl methyl sites for hydroxylation is 2. The van der Waals surface area contributed by atoms with Crippen molar-refractivity contribution in [2.45, 2.75) is 40.0 Å². The molecule has 0 unspecified atom stereocenters. The van der Waals surface area contributed by atoms with Gasteiger partial charge in [-0.15, -0.1) is 0 Å². The molecule has 0 atom stereocenters. The van der Waals surface area contributed by atoms with E-state index in [2.05, 4.69) is 28.6 Å². The van der Waals surface area contributed by atoms with Gasteiger partial charge in [0.2, 0.25) is 0 Å². The minimum atomic E-state index is -0.222. The third kappa shape index (κ3) is 4.93. The summed E-state index contributed by atoms with van der Waals surface area (Å²) in [6.07, 6.45) is 1.81. The minimum Gasteiger partial charge on any atom is -0.469 e. The maximum absolute atomic E-state index is 11.1. The number of carbonyl (C=O) groups excluding carboxylic acids is 1. The number of hydrogen-bond acceptors (Lipinski definition) is 4. The molecule has 0 spiro atoms. The molecule has 0 saturated carbocycles. The van der Waals surface area contributed by atoms with E-state index in [-0.39, 0.29) is 5.97 Å². The molecule has 4 heteroatoms. The maximum Gasteiger partial charge on any atom is 0.305 e. The fourth-order valence-electron chi connectivity index (χ4n) is 1.65. The number of carbonyl (C=O) groups is 1. The highest BCUT2D eigenvalue weighted by molar-refractivity contribution is 5.69. The zero-order valence-electron chi connectivity index (χ0n) is 11.0. The van der Waals surface area contributed by atoms with Crippen LogP contribution in [0.4, 0.5) is 0 Å². The lowest BCUT2D eigenvalue weighted by Gasteiger charge is -2.07. The van der Waals surface area contributed by atoms with Crippen molar-refractivity contribution in [1.82, 2.24) is 9.97 Å². The summed E-state index contributed by atoms with van der Waals surface area (Å²) in [4.78, 5) is 19.8. The molecule has 0 amide bonds. The van der Waals surface area contributed by atoms with Crippen molar-refractivity contribution in [2.24, 2.45) is 5.92 Å². The lowest BCUT2D eigenvalue weighted by atomic mass is 10.1. The average Bonchev–Trinajstić information content (AvgIpc) is 2.24. The molecule has 1 aromatic rings. The predicted octanol–water partition coefficient (Wildman–Crippen LogP) is 2.09. The van der Waals surface area contributed by atoms with E-state index in [0.717, 1.165) is 23.6 Å². The van der Waals surface area contributed by atoms with Crippen molar-refractivity contribution in [3.8, 4) is 0 Å². The van der Waals surface area contributed by atoms with E-state index in [1.807, 2.05) is 13.0 Å². The molecule has 1 rings (SSSR count). The summed E-state index contributed by atoms with van der Waals surface area (Å²) >= 11 is 0. The quantitative estimate of drug-likeness (QED) is 0.734. The van der Waals surface area contributed by atoms with E-state index < -0.39 is 0 Å². The van der Waals surface area contributed by atoms with Gasteiger partial charge in [0.15, 0.2) is 0 Å². The number of esters is 1. The Bertz CT molecular complexity index is 389. The molecule has 0 aromatic carbocycles. The molecular weight excluding hydrogens is 216 g/mol. The molecule has 17 heavy (non-hydrogen) atoms. The van der Waals surface area contributed by atoms with E-state index in [9.17, 15) is 4.79 Å². The van der Waals surface area contributed by atoms with Crippen molar-refractivity contribution in [1.29, 1.82) is 0 Å². The van der Waals surface area contributed by atoms with Crippen LogP contribution in [0.5, 0.6) is 0 Å². The van der Waals surface area contributed by atoms with Gasteiger partial charge >= 0.3 is 5.97 Å². The molecule has 0 aliphatic heterocycles. The molecule has 1 heterocycles. The van der Waals surface area contributed by atoms with Gasteiger partial charge in [-0.05, 0) is 25.3 Å². The van der Waals surface area contributed by atoms with Crippen LogP contribution in [0, 0.1) is 12.8 Å². The molecule has 0 bridgehead atoms. The fraction of sp³-hybridized carbons (Fsp3) is 0.615. The van der Waals surface area contributed by atoms with Crippen LogP contribution in [0.2, 0.25) is 0 Å². The highest BCUT2D eigenvalue weighted by Crippen LogP contribution is 2.08. The lowest BCUT2D eigenvalue weighted by molar-refractivity contribution is -0.140. The highest BCUT2D eigenvalue weighted by Gasteiger charge is 2.07. The van der Waals surface area contributed by atoms with Crippen molar-refractivity contribution in [3.63, 3.8) is 0 Å². The first-order valence-electron chi connectivity index (χ1n) is 5.91. The van der Waals surface area contributed by atoms with Gasteiger partial charge in [0.1, 0.15) is 5.82 Å². The predicted molar refractivity (Wildman–Crippen MR) is 65.6 cm³/mol. The SMILES string of the molecule is COC(=O)CCc1nc(C)cc(CC(C)C)n1. The Morgan fingerprint density at radius 1 is 1.41 bits per heavy atom. The Kier molecular flexibility index (Phi) is 5.07. The summed E-state index contributed by atoms with van der Waals surface area (Å²) in [6, 6.07) is 2.00. The van der Waals surface area contributed by atoms with E-state index in [4.69, 9.17) is 0 Å². The maximum atomic E-state index is 11.1. The summed E-state index contributed by atoms with van der Waals surface area (Å²) < 4.78 is 4.60. The zero-order chi connectivity index (χ0) is 12.8. The van der Waals surface area contributed by atoms with Gasteiger partial charge in [-0.2, -0.15) is 0 Å². The monoisotopic (exact) mass is 236 g/mol. The van der Waals surface area contributed by atoms with Gasteiger partial charge in [-0.1, -0.05) is 13.8 Å². The van der Waals surface area contributed by atoms with E-state index >= 15 is 0 Å². The summed E-state index contributed by atoms with van der Waals surface area (Å²) in [5.41, 5.74) is 2.00. The minimum absolute atomic E-state index is 0.222. The average molecular weight is 236 g/mol. The Labute approximate surface area is 102 Å². The topological polar surface area (TPSA) is 52.1 Å². The molecule has 1 aromatic heterocycles. The van der Waals surface area contributed by atoms with Gasteiger partial charge in [-0.3, -0.25) is 4.79 Å². The van der Waals surface area contributed by atoms with Crippen molar-refractivity contribution in [3.05, 3.63) is 23.3 Å². The van der Waals surface area contributed by atoms with Crippen molar-refractivity contribution in [2.75, 3.05) is 7.11 Å². The third-order valence-electron chi connectivity index (χ3n) is 2.35. The number of hydrogen-bond donors (Lipinski definition) is 0. The summed E-state index contributed by atoms with van der Waals surface area (Å²) in [5.74, 6) is 1.07. The smallest absolute Gasteiger partial charge is 0.305 e. The van der Waals surface area contributed by atoms with Crippen molar-refractivity contribution < 1.29 is 9.53 Å². The number of rotatable bonds is 5. The zero-order valence-corrected chi connectivity index (χ0v) is 11.0. The first-order chi connectivity index (χ1) is 8.01. The summed E-state index contributed by atoms with van der Waals surface area (Å²) in [6.45, 7) is 6.27. The molecular formula is C13H20N2O2. The van der Waals surface area contributed by atoms with Crippen LogP contribution in [0.3, 0.4) is 0 Å². The van der Waals surface area contributed by atoms with Gasteiger partial charge in [-0.25, -0.2) is 9.97 Å². The highest BCUT2D eigenvalue weighted by atomic mass is 16.5. The number of ether oxygens (including phenoxy) is 1. The Morgan fingerprint density at radius 3 is 2.71 bits per heavy atom. The normalized spacial score (nSPS) is 10.6. The van der Waals surface area contributed by atoms with Crippen LogP contribution in [0.15, 0.2) is 6.07 Å². The lowest BCUT2D eigenvalue weighted by Crippen LogP contribution is -2.08. The third-order valence-corrected chi connectivity index (χ3v) is 2.35. The molecule has 4 nitrogen and oxygen atoms in total. The van der Waals surface area contributed by atoms with Crippen LogP contribution in [0.1, 0.15) is 37.5 Å². The van der Waals surface area contributed by atoms with E-state index in [0.29, 0.717) is 18.8 Å². The molecule has 94 valence electrons.